The first-order valence-electron chi connectivity index (χ1n) is 9.02. The third-order valence-electron chi connectivity index (χ3n) is 4.74. The van der Waals surface area contributed by atoms with Crippen LogP contribution in [0.1, 0.15) is 48.7 Å². The molecule has 6 heteroatoms. The Labute approximate surface area is 152 Å². The predicted octanol–water partition coefficient (Wildman–Crippen LogP) is 3.63. The maximum Gasteiger partial charge on any atom is 0.340 e. The highest BCUT2D eigenvalue weighted by atomic mass is 19.1. The number of pyridine rings is 1. The lowest BCUT2D eigenvalue weighted by Gasteiger charge is -2.24. The molecule has 138 valence electrons. The molecule has 0 unspecified atom stereocenters. The van der Waals surface area contributed by atoms with Gasteiger partial charge in [0.25, 0.3) is 5.91 Å². The number of likely N-dealkylation sites (tertiary alicyclic amines) is 1. The number of fused-ring (bicyclic) bond motifs is 1. The maximum atomic E-state index is 13.3. The van der Waals surface area contributed by atoms with E-state index in [1.54, 1.807) is 30.9 Å². The summed E-state index contributed by atoms with van der Waals surface area (Å²) in [4.78, 5) is 31.1. The first kappa shape index (κ1) is 18.3. The Balaban J connectivity index is 1.74. The molecular weight excluding hydrogens is 335 g/mol. The molecule has 0 spiro atoms. The van der Waals surface area contributed by atoms with E-state index in [2.05, 4.69) is 4.98 Å². The predicted molar refractivity (Wildman–Crippen MR) is 96.4 cm³/mol. The van der Waals surface area contributed by atoms with Crippen LogP contribution in [-0.2, 0) is 9.53 Å². The van der Waals surface area contributed by atoms with E-state index < -0.39 is 12.1 Å². The average Bonchev–Trinajstić information content (AvgIpc) is 2.89. The van der Waals surface area contributed by atoms with Crippen LogP contribution in [-0.4, -0.2) is 41.0 Å². The number of rotatable bonds is 3. The summed E-state index contributed by atoms with van der Waals surface area (Å²) in [6.45, 7) is 4.69. The van der Waals surface area contributed by atoms with Gasteiger partial charge < -0.3 is 9.64 Å². The van der Waals surface area contributed by atoms with Crippen molar-refractivity contribution in [3.05, 3.63) is 41.3 Å². The number of nitrogens with zero attached hydrogens (tertiary/aromatic N) is 2. The molecule has 1 aromatic heterocycles. The fourth-order valence-electron chi connectivity index (χ4n) is 3.27. The van der Waals surface area contributed by atoms with Gasteiger partial charge in [-0.1, -0.05) is 12.8 Å². The summed E-state index contributed by atoms with van der Waals surface area (Å²) in [5.74, 6) is -1.12. The van der Waals surface area contributed by atoms with Gasteiger partial charge in [-0.15, -0.1) is 0 Å². The quantitative estimate of drug-likeness (QED) is 0.786. The minimum absolute atomic E-state index is 0.159. The molecule has 1 amide bonds. The van der Waals surface area contributed by atoms with Gasteiger partial charge in [0.1, 0.15) is 5.82 Å². The summed E-state index contributed by atoms with van der Waals surface area (Å²) in [6, 6.07) is 5.84. The zero-order chi connectivity index (χ0) is 18.7. The zero-order valence-electron chi connectivity index (χ0n) is 15.1. The first-order valence-corrected chi connectivity index (χ1v) is 9.02. The molecule has 1 aromatic carbocycles. The van der Waals surface area contributed by atoms with Crippen molar-refractivity contribution in [1.82, 2.24) is 9.88 Å². The molecule has 0 N–H and O–H groups in total. The van der Waals surface area contributed by atoms with Crippen LogP contribution in [0, 0.1) is 12.7 Å². The molecule has 0 bridgehead atoms. The number of carbonyl (C=O) groups excluding carboxylic acids is 2. The summed E-state index contributed by atoms with van der Waals surface area (Å²) in [6.07, 6.45) is 3.37. The highest BCUT2D eigenvalue weighted by molar-refractivity contribution is 5.96. The van der Waals surface area contributed by atoms with Crippen molar-refractivity contribution < 1.29 is 18.7 Å². The molecule has 0 saturated carbocycles. The topological polar surface area (TPSA) is 59.5 Å². The number of amides is 1. The summed E-state index contributed by atoms with van der Waals surface area (Å²) in [7, 11) is 0. The molecule has 26 heavy (non-hydrogen) atoms. The molecule has 0 radical (unpaired) electrons. The normalized spacial score (nSPS) is 16.2. The number of benzene rings is 1. The van der Waals surface area contributed by atoms with Crippen LogP contribution in [0.4, 0.5) is 4.39 Å². The average molecular weight is 358 g/mol. The Bertz CT molecular complexity index is 829. The molecular formula is C20H23FN2O3. The van der Waals surface area contributed by atoms with E-state index in [-0.39, 0.29) is 11.7 Å². The number of aryl methyl sites for hydroxylation is 1. The van der Waals surface area contributed by atoms with Gasteiger partial charge in [0.2, 0.25) is 0 Å². The highest BCUT2D eigenvalue weighted by Gasteiger charge is 2.25. The van der Waals surface area contributed by atoms with Crippen molar-refractivity contribution in [1.29, 1.82) is 0 Å². The number of esters is 1. The van der Waals surface area contributed by atoms with Crippen LogP contribution in [0.2, 0.25) is 0 Å². The molecule has 1 aliphatic rings. The fourth-order valence-corrected chi connectivity index (χ4v) is 3.27. The van der Waals surface area contributed by atoms with Crippen molar-refractivity contribution in [2.24, 2.45) is 0 Å². The van der Waals surface area contributed by atoms with E-state index in [4.69, 9.17) is 4.74 Å². The second kappa shape index (κ2) is 7.81. The first-order chi connectivity index (χ1) is 12.5. The Kier molecular flexibility index (Phi) is 5.49. The number of hydrogen-bond acceptors (Lipinski definition) is 4. The molecule has 1 atom stereocenters. The third-order valence-corrected chi connectivity index (χ3v) is 4.74. The van der Waals surface area contributed by atoms with Gasteiger partial charge in [-0.25, -0.2) is 9.18 Å². The van der Waals surface area contributed by atoms with Crippen molar-refractivity contribution in [2.75, 3.05) is 13.1 Å². The number of aromatic nitrogens is 1. The van der Waals surface area contributed by atoms with E-state index in [1.807, 2.05) is 0 Å². The molecule has 2 heterocycles. The summed E-state index contributed by atoms with van der Waals surface area (Å²) < 4.78 is 18.7. The second-order valence-electron chi connectivity index (χ2n) is 6.75. The van der Waals surface area contributed by atoms with E-state index in [9.17, 15) is 14.0 Å². The largest absolute Gasteiger partial charge is 0.449 e. The van der Waals surface area contributed by atoms with Gasteiger partial charge in [-0.05, 0) is 44.9 Å². The number of ether oxygens (including phenoxy) is 1. The highest BCUT2D eigenvalue weighted by Crippen LogP contribution is 2.19. The van der Waals surface area contributed by atoms with Crippen molar-refractivity contribution in [2.45, 2.75) is 45.6 Å². The minimum Gasteiger partial charge on any atom is -0.449 e. The summed E-state index contributed by atoms with van der Waals surface area (Å²) in [5.41, 5.74) is 1.22. The maximum absolute atomic E-state index is 13.3. The van der Waals surface area contributed by atoms with Crippen LogP contribution in [0.5, 0.6) is 0 Å². The fraction of sp³-hybridized carbons (Fsp3) is 0.450. The standard InChI is InChI=1S/C20H23FN2O3/c1-13-17(11-15-7-8-16(21)12-18(15)22-13)20(25)26-14(2)19(24)23-9-5-3-4-6-10-23/h7-8,11-12,14H,3-6,9-10H2,1-2H3/t14-/m1/s1. The number of carbonyl (C=O) groups is 2. The lowest BCUT2D eigenvalue weighted by Crippen LogP contribution is -2.40. The van der Waals surface area contributed by atoms with Gasteiger partial charge >= 0.3 is 5.97 Å². The van der Waals surface area contributed by atoms with E-state index in [0.717, 1.165) is 25.7 Å². The van der Waals surface area contributed by atoms with E-state index in [0.29, 0.717) is 35.2 Å². The van der Waals surface area contributed by atoms with Crippen LogP contribution in [0.3, 0.4) is 0 Å². The van der Waals surface area contributed by atoms with Gasteiger partial charge in [-0.2, -0.15) is 0 Å². The summed E-state index contributed by atoms with van der Waals surface area (Å²) >= 11 is 0. The lowest BCUT2D eigenvalue weighted by molar-refractivity contribution is -0.139. The smallest absolute Gasteiger partial charge is 0.340 e. The van der Waals surface area contributed by atoms with Gasteiger partial charge in [0, 0.05) is 24.5 Å². The van der Waals surface area contributed by atoms with Crippen LogP contribution < -0.4 is 0 Å². The second-order valence-corrected chi connectivity index (χ2v) is 6.75. The molecule has 1 saturated heterocycles. The van der Waals surface area contributed by atoms with Crippen LogP contribution in [0.15, 0.2) is 24.3 Å². The van der Waals surface area contributed by atoms with Gasteiger partial charge in [0.05, 0.1) is 16.8 Å². The lowest BCUT2D eigenvalue weighted by atomic mass is 10.1. The van der Waals surface area contributed by atoms with E-state index >= 15 is 0 Å². The Morgan fingerprint density at radius 3 is 2.54 bits per heavy atom. The van der Waals surface area contributed by atoms with Crippen LogP contribution in [0.25, 0.3) is 10.9 Å². The Morgan fingerprint density at radius 1 is 1.15 bits per heavy atom. The monoisotopic (exact) mass is 358 g/mol. The molecule has 2 aromatic rings. The van der Waals surface area contributed by atoms with Crippen molar-refractivity contribution in [3.63, 3.8) is 0 Å². The molecule has 0 aliphatic carbocycles. The minimum atomic E-state index is -0.844. The Hall–Kier alpha value is -2.50. The van der Waals surface area contributed by atoms with Crippen LogP contribution >= 0.6 is 0 Å². The zero-order valence-corrected chi connectivity index (χ0v) is 15.1. The number of hydrogen-bond donors (Lipinski definition) is 0. The van der Waals surface area contributed by atoms with Crippen molar-refractivity contribution in [3.8, 4) is 0 Å². The van der Waals surface area contributed by atoms with E-state index in [1.165, 1.54) is 12.1 Å². The number of halogens is 1. The van der Waals surface area contributed by atoms with Crippen molar-refractivity contribution >= 4 is 22.8 Å². The third kappa shape index (κ3) is 4.00. The molecule has 5 nitrogen and oxygen atoms in total. The molecule has 1 fully saturated rings. The van der Waals surface area contributed by atoms with Gasteiger partial charge in [0.15, 0.2) is 6.10 Å². The Morgan fingerprint density at radius 2 is 1.85 bits per heavy atom. The SMILES string of the molecule is Cc1nc2cc(F)ccc2cc1C(=O)O[C@H](C)C(=O)N1CCCCCC1. The molecule has 3 rings (SSSR count). The summed E-state index contributed by atoms with van der Waals surface area (Å²) in [5, 5.41) is 0.649. The van der Waals surface area contributed by atoms with Gasteiger partial charge in [-0.3, -0.25) is 9.78 Å². The molecule has 1 aliphatic heterocycles.